The van der Waals surface area contributed by atoms with Gasteiger partial charge in [-0.25, -0.2) is 8.42 Å². The molecular weight excluding hydrogens is 214 g/mol. The van der Waals surface area contributed by atoms with Crippen LogP contribution >= 0.6 is 0 Å². The van der Waals surface area contributed by atoms with Gasteiger partial charge in [0.2, 0.25) is 10.0 Å². The lowest BCUT2D eigenvalue weighted by molar-refractivity contribution is -0.0971. The van der Waals surface area contributed by atoms with Crippen LogP contribution in [-0.4, -0.2) is 42.3 Å². The van der Waals surface area contributed by atoms with Crippen molar-refractivity contribution in [1.29, 1.82) is 0 Å². The van der Waals surface area contributed by atoms with Crippen molar-refractivity contribution in [1.82, 2.24) is 4.31 Å². The molecule has 3 atom stereocenters. The smallest absolute Gasteiger partial charge is 0.214 e. The van der Waals surface area contributed by atoms with Gasteiger partial charge in [0, 0.05) is 18.0 Å². The molecule has 2 fully saturated rings. The third-order valence-electron chi connectivity index (χ3n) is 3.86. The number of nitrogens with zero attached hydrogens (tertiary/aromatic N) is 1. The van der Waals surface area contributed by atoms with Crippen LogP contribution in [-0.2, 0) is 10.0 Å². The van der Waals surface area contributed by atoms with Crippen LogP contribution in [0, 0.1) is 11.3 Å². The fourth-order valence-electron chi connectivity index (χ4n) is 2.62. The Hall–Kier alpha value is -0.130. The first kappa shape index (κ1) is 11.4. The van der Waals surface area contributed by atoms with Gasteiger partial charge in [0.1, 0.15) is 0 Å². The van der Waals surface area contributed by atoms with Gasteiger partial charge in [0.25, 0.3) is 0 Å². The Balaban J connectivity index is 2.20. The van der Waals surface area contributed by atoms with E-state index in [9.17, 15) is 13.5 Å². The molecule has 1 aliphatic heterocycles. The Bertz CT molecular complexity index is 363. The van der Waals surface area contributed by atoms with E-state index in [1.165, 1.54) is 0 Å². The van der Waals surface area contributed by atoms with Gasteiger partial charge in [-0.3, -0.25) is 0 Å². The van der Waals surface area contributed by atoms with Gasteiger partial charge in [-0.05, 0) is 12.3 Å². The second kappa shape index (κ2) is 3.18. The summed E-state index contributed by atoms with van der Waals surface area (Å²) in [5.41, 5.74) is -0.295. The largest absolute Gasteiger partial charge is 0.392 e. The molecule has 0 aromatic heterocycles. The molecule has 0 aromatic carbocycles. The predicted octanol–water partition coefficient (Wildman–Crippen LogP) is 0.427. The van der Waals surface area contributed by atoms with E-state index in [0.29, 0.717) is 13.0 Å². The van der Waals surface area contributed by atoms with Crippen molar-refractivity contribution >= 4 is 10.0 Å². The molecular formula is C10H19NO3S. The minimum atomic E-state index is -3.07. The minimum Gasteiger partial charge on any atom is -0.392 e. The van der Waals surface area contributed by atoms with E-state index in [2.05, 4.69) is 0 Å². The van der Waals surface area contributed by atoms with Gasteiger partial charge in [0.05, 0.1) is 11.9 Å². The second-order valence-electron chi connectivity index (χ2n) is 5.54. The summed E-state index contributed by atoms with van der Waals surface area (Å²) in [6, 6.07) is -0.0116. The Morgan fingerprint density at radius 3 is 2.33 bits per heavy atom. The zero-order chi connectivity index (χ0) is 11.4. The number of hydrogen-bond donors (Lipinski definition) is 1. The lowest BCUT2D eigenvalue weighted by atomic mass is 9.64. The summed E-state index contributed by atoms with van der Waals surface area (Å²) >= 11 is 0. The van der Waals surface area contributed by atoms with E-state index < -0.39 is 10.0 Å². The van der Waals surface area contributed by atoms with Crippen molar-refractivity contribution < 1.29 is 13.5 Å². The van der Waals surface area contributed by atoms with E-state index in [1.54, 1.807) is 4.31 Å². The highest BCUT2D eigenvalue weighted by Gasteiger charge is 2.54. The molecule has 15 heavy (non-hydrogen) atoms. The zero-order valence-corrected chi connectivity index (χ0v) is 10.3. The highest BCUT2D eigenvalue weighted by molar-refractivity contribution is 7.89. The summed E-state index contributed by atoms with van der Waals surface area (Å²) in [5.74, 6) is 0.471. The van der Waals surface area contributed by atoms with Crippen molar-refractivity contribution in [2.75, 3.05) is 12.3 Å². The third-order valence-corrected chi connectivity index (χ3v) is 5.96. The third kappa shape index (κ3) is 1.61. The summed E-state index contributed by atoms with van der Waals surface area (Å²) < 4.78 is 25.3. The van der Waals surface area contributed by atoms with Gasteiger partial charge >= 0.3 is 0 Å². The van der Waals surface area contributed by atoms with Gasteiger partial charge in [0.15, 0.2) is 0 Å². The van der Waals surface area contributed by atoms with Gasteiger partial charge in [-0.2, -0.15) is 4.31 Å². The molecule has 3 unspecified atom stereocenters. The summed E-state index contributed by atoms with van der Waals surface area (Å²) in [4.78, 5) is 0. The van der Waals surface area contributed by atoms with Gasteiger partial charge in [-0.1, -0.05) is 20.8 Å². The van der Waals surface area contributed by atoms with E-state index >= 15 is 0 Å². The summed E-state index contributed by atoms with van der Waals surface area (Å²) in [5, 5.41) is 9.62. The minimum absolute atomic E-state index is 0.0116. The molecule has 1 N–H and O–H groups in total. The standard InChI is InChI=1S/C10H19NO3S/c1-7-5-11(15(13,14)6-7)8-4-9(12)10(8,2)3/h7-9,12H,4-6H2,1-3H3. The van der Waals surface area contributed by atoms with Crippen LogP contribution in [0.15, 0.2) is 0 Å². The first-order valence-electron chi connectivity index (χ1n) is 5.42. The summed E-state index contributed by atoms with van der Waals surface area (Å²) in [6.07, 6.45) is 0.215. The molecule has 1 saturated heterocycles. The van der Waals surface area contributed by atoms with Crippen molar-refractivity contribution in [3.05, 3.63) is 0 Å². The maximum atomic E-state index is 11.8. The normalized spacial score (nSPS) is 43.9. The monoisotopic (exact) mass is 233 g/mol. The van der Waals surface area contributed by atoms with E-state index in [0.717, 1.165) is 0 Å². The molecule has 0 spiro atoms. The van der Waals surface area contributed by atoms with E-state index in [4.69, 9.17) is 0 Å². The Labute approximate surface area is 91.3 Å². The average Bonchev–Trinajstić information content (AvgIpc) is 2.34. The van der Waals surface area contributed by atoms with Crippen LogP contribution in [0.25, 0.3) is 0 Å². The molecule has 2 rings (SSSR count). The molecule has 0 aromatic rings. The number of rotatable bonds is 1. The molecule has 0 amide bonds. The highest BCUT2D eigenvalue weighted by Crippen LogP contribution is 2.46. The average molecular weight is 233 g/mol. The SMILES string of the molecule is CC1CN(C2CC(O)C2(C)C)S(=O)(=O)C1. The summed E-state index contributed by atoms with van der Waals surface area (Å²) in [6.45, 7) is 6.44. The lowest BCUT2D eigenvalue weighted by Gasteiger charge is -2.52. The number of sulfonamides is 1. The first-order valence-corrected chi connectivity index (χ1v) is 7.03. The zero-order valence-electron chi connectivity index (χ0n) is 9.47. The molecule has 2 aliphatic rings. The van der Waals surface area contributed by atoms with Crippen LogP contribution in [0.4, 0.5) is 0 Å². The predicted molar refractivity (Wildman–Crippen MR) is 57.8 cm³/mol. The Kier molecular flexibility index (Phi) is 2.41. The number of hydrogen-bond acceptors (Lipinski definition) is 3. The van der Waals surface area contributed by atoms with Crippen molar-refractivity contribution in [3.63, 3.8) is 0 Å². The lowest BCUT2D eigenvalue weighted by Crippen LogP contribution is -2.61. The molecule has 0 radical (unpaired) electrons. The van der Waals surface area contributed by atoms with Crippen LogP contribution in [0.1, 0.15) is 27.2 Å². The van der Waals surface area contributed by atoms with Crippen molar-refractivity contribution in [3.8, 4) is 0 Å². The Morgan fingerprint density at radius 2 is 2.00 bits per heavy atom. The fourth-order valence-corrected chi connectivity index (χ4v) is 4.86. The molecule has 88 valence electrons. The molecule has 1 aliphatic carbocycles. The topological polar surface area (TPSA) is 57.6 Å². The molecule has 0 bridgehead atoms. The molecule has 5 heteroatoms. The summed E-state index contributed by atoms with van der Waals surface area (Å²) in [7, 11) is -3.07. The van der Waals surface area contributed by atoms with Crippen LogP contribution in [0.3, 0.4) is 0 Å². The van der Waals surface area contributed by atoms with Gasteiger partial charge in [-0.15, -0.1) is 0 Å². The van der Waals surface area contributed by atoms with Crippen LogP contribution in [0.2, 0.25) is 0 Å². The number of aliphatic hydroxyl groups is 1. The van der Waals surface area contributed by atoms with Crippen molar-refractivity contribution in [2.45, 2.75) is 39.3 Å². The molecule has 4 nitrogen and oxygen atoms in total. The van der Waals surface area contributed by atoms with E-state index in [-0.39, 0.29) is 29.2 Å². The molecule has 1 saturated carbocycles. The maximum absolute atomic E-state index is 11.8. The van der Waals surface area contributed by atoms with Crippen LogP contribution in [0.5, 0.6) is 0 Å². The number of aliphatic hydroxyl groups excluding tert-OH is 1. The highest BCUT2D eigenvalue weighted by atomic mass is 32.2. The van der Waals surface area contributed by atoms with Gasteiger partial charge < -0.3 is 5.11 Å². The quantitative estimate of drug-likeness (QED) is 0.714. The first-order chi connectivity index (χ1) is 6.75. The second-order valence-corrected chi connectivity index (χ2v) is 7.51. The van der Waals surface area contributed by atoms with Crippen LogP contribution < -0.4 is 0 Å². The molecule has 1 heterocycles. The maximum Gasteiger partial charge on any atom is 0.214 e. The van der Waals surface area contributed by atoms with Crippen molar-refractivity contribution in [2.24, 2.45) is 11.3 Å². The Morgan fingerprint density at radius 1 is 1.40 bits per heavy atom. The van der Waals surface area contributed by atoms with E-state index in [1.807, 2.05) is 20.8 Å². The fraction of sp³-hybridized carbons (Fsp3) is 1.00.